The lowest BCUT2D eigenvalue weighted by Crippen LogP contribution is -2.52. The van der Waals surface area contributed by atoms with E-state index in [2.05, 4.69) is 5.32 Å². The SMILES string of the molecule is C[C@H]1CNC(=O)C[C@H]1N(C)C(=O)OC(C)(C)C. The van der Waals surface area contributed by atoms with Gasteiger partial charge in [-0.05, 0) is 26.7 Å². The van der Waals surface area contributed by atoms with Gasteiger partial charge in [0.1, 0.15) is 5.60 Å². The Morgan fingerprint density at radius 1 is 1.47 bits per heavy atom. The van der Waals surface area contributed by atoms with Gasteiger partial charge in [-0.3, -0.25) is 4.79 Å². The van der Waals surface area contributed by atoms with Crippen LogP contribution in [0.2, 0.25) is 0 Å². The molecular formula is C12H22N2O3. The van der Waals surface area contributed by atoms with Crippen molar-refractivity contribution in [3.05, 3.63) is 0 Å². The molecule has 0 aromatic rings. The number of ether oxygens (including phenoxy) is 1. The topological polar surface area (TPSA) is 58.6 Å². The van der Waals surface area contributed by atoms with Gasteiger partial charge >= 0.3 is 6.09 Å². The summed E-state index contributed by atoms with van der Waals surface area (Å²) in [4.78, 5) is 24.8. The Morgan fingerprint density at radius 3 is 2.59 bits per heavy atom. The van der Waals surface area contributed by atoms with E-state index in [-0.39, 0.29) is 24.0 Å². The Kier molecular flexibility index (Phi) is 4.01. The first-order valence-corrected chi connectivity index (χ1v) is 5.93. The standard InChI is InChI=1S/C12H22N2O3/c1-8-7-13-10(15)6-9(8)14(5)11(16)17-12(2,3)4/h8-9H,6-7H2,1-5H3,(H,13,15)/t8-,9+/m0/s1. The van der Waals surface area contributed by atoms with E-state index in [0.717, 1.165) is 0 Å². The number of nitrogens with one attached hydrogen (secondary N) is 1. The van der Waals surface area contributed by atoms with E-state index in [1.807, 2.05) is 27.7 Å². The van der Waals surface area contributed by atoms with Crippen molar-refractivity contribution in [1.29, 1.82) is 0 Å². The van der Waals surface area contributed by atoms with E-state index in [1.165, 1.54) is 4.90 Å². The minimum Gasteiger partial charge on any atom is -0.444 e. The highest BCUT2D eigenvalue weighted by molar-refractivity contribution is 5.78. The van der Waals surface area contributed by atoms with Gasteiger partial charge in [-0.2, -0.15) is 0 Å². The maximum absolute atomic E-state index is 11.9. The normalized spacial score (nSPS) is 25.1. The maximum Gasteiger partial charge on any atom is 0.410 e. The molecule has 5 heteroatoms. The van der Waals surface area contributed by atoms with Crippen molar-refractivity contribution in [3.8, 4) is 0 Å². The van der Waals surface area contributed by atoms with Crippen molar-refractivity contribution in [2.24, 2.45) is 5.92 Å². The van der Waals surface area contributed by atoms with Gasteiger partial charge in [0.15, 0.2) is 0 Å². The van der Waals surface area contributed by atoms with Crippen LogP contribution in [-0.4, -0.2) is 42.1 Å². The number of hydrogen-bond acceptors (Lipinski definition) is 3. The number of carbonyl (C=O) groups is 2. The molecule has 0 aromatic heterocycles. The molecule has 0 bridgehead atoms. The zero-order valence-electron chi connectivity index (χ0n) is 11.2. The second-order valence-corrected chi connectivity index (χ2v) is 5.64. The summed E-state index contributed by atoms with van der Waals surface area (Å²) in [6.45, 7) is 8.11. The third-order valence-electron chi connectivity index (χ3n) is 2.85. The number of hydrogen-bond donors (Lipinski definition) is 1. The molecule has 0 saturated carbocycles. The second-order valence-electron chi connectivity index (χ2n) is 5.64. The number of piperidine rings is 1. The molecule has 0 aromatic carbocycles. The van der Waals surface area contributed by atoms with Crippen LogP contribution >= 0.6 is 0 Å². The van der Waals surface area contributed by atoms with Crippen LogP contribution in [0.5, 0.6) is 0 Å². The van der Waals surface area contributed by atoms with Gasteiger partial charge in [0.05, 0.1) is 0 Å². The molecule has 1 heterocycles. The van der Waals surface area contributed by atoms with E-state index in [4.69, 9.17) is 4.74 Å². The molecule has 98 valence electrons. The largest absolute Gasteiger partial charge is 0.444 e. The lowest BCUT2D eigenvalue weighted by Gasteiger charge is -2.36. The highest BCUT2D eigenvalue weighted by Gasteiger charge is 2.33. The van der Waals surface area contributed by atoms with Gasteiger partial charge in [-0.15, -0.1) is 0 Å². The Balaban J connectivity index is 2.64. The maximum atomic E-state index is 11.9. The molecule has 1 rings (SSSR count). The van der Waals surface area contributed by atoms with Crippen LogP contribution in [0.4, 0.5) is 4.79 Å². The average Bonchev–Trinajstić information content (AvgIpc) is 2.18. The number of amides is 2. The molecule has 0 spiro atoms. The minimum absolute atomic E-state index is 0.0106. The van der Waals surface area contributed by atoms with Crippen molar-refractivity contribution in [3.63, 3.8) is 0 Å². The van der Waals surface area contributed by atoms with Crippen molar-refractivity contribution in [2.75, 3.05) is 13.6 Å². The zero-order chi connectivity index (χ0) is 13.2. The van der Waals surface area contributed by atoms with Crippen LogP contribution in [-0.2, 0) is 9.53 Å². The first-order chi connectivity index (χ1) is 7.70. The van der Waals surface area contributed by atoms with Crippen molar-refractivity contribution >= 4 is 12.0 Å². The summed E-state index contributed by atoms with van der Waals surface area (Å²) in [7, 11) is 1.69. The molecule has 1 N–H and O–H groups in total. The molecule has 2 amide bonds. The predicted molar refractivity (Wildman–Crippen MR) is 64.6 cm³/mol. The van der Waals surface area contributed by atoms with E-state index in [1.54, 1.807) is 7.05 Å². The van der Waals surface area contributed by atoms with Crippen LogP contribution in [0.3, 0.4) is 0 Å². The van der Waals surface area contributed by atoms with Gasteiger partial charge in [0.2, 0.25) is 5.91 Å². The van der Waals surface area contributed by atoms with E-state index >= 15 is 0 Å². The van der Waals surface area contributed by atoms with Gasteiger partial charge < -0.3 is 15.0 Å². The van der Waals surface area contributed by atoms with Crippen molar-refractivity contribution < 1.29 is 14.3 Å². The van der Waals surface area contributed by atoms with Crippen LogP contribution in [0.25, 0.3) is 0 Å². The van der Waals surface area contributed by atoms with Gasteiger partial charge in [-0.1, -0.05) is 6.92 Å². The molecule has 2 atom stereocenters. The fourth-order valence-corrected chi connectivity index (χ4v) is 1.86. The van der Waals surface area contributed by atoms with Crippen LogP contribution in [0.1, 0.15) is 34.1 Å². The van der Waals surface area contributed by atoms with E-state index in [9.17, 15) is 9.59 Å². The second kappa shape index (κ2) is 4.94. The number of rotatable bonds is 1. The quantitative estimate of drug-likeness (QED) is 0.755. The molecular weight excluding hydrogens is 220 g/mol. The van der Waals surface area contributed by atoms with Crippen molar-refractivity contribution in [2.45, 2.75) is 45.8 Å². The predicted octanol–water partition coefficient (Wildman–Crippen LogP) is 1.38. The molecule has 0 unspecified atom stereocenters. The Hall–Kier alpha value is -1.26. The molecule has 1 fully saturated rings. The monoisotopic (exact) mass is 242 g/mol. The summed E-state index contributed by atoms with van der Waals surface area (Å²) in [6, 6.07) is -0.0846. The van der Waals surface area contributed by atoms with Gasteiger partial charge in [0.25, 0.3) is 0 Å². The van der Waals surface area contributed by atoms with Crippen LogP contribution in [0, 0.1) is 5.92 Å². The molecule has 0 aliphatic carbocycles. The molecule has 1 aliphatic heterocycles. The summed E-state index contributed by atoms with van der Waals surface area (Å²) in [6.07, 6.45) is -0.0271. The summed E-state index contributed by atoms with van der Waals surface area (Å²) in [5.41, 5.74) is -0.508. The smallest absolute Gasteiger partial charge is 0.410 e. The summed E-state index contributed by atoms with van der Waals surface area (Å²) >= 11 is 0. The molecule has 1 saturated heterocycles. The number of carbonyl (C=O) groups excluding carboxylic acids is 2. The minimum atomic E-state index is -0.508. The summed E-state index contributed by atoms with van der Waals surface area (Å²) < 4.78 is 5.29. The van der Waals surface area contributed by atoms with E-state index < -0.39 is 5.60 Å². The van der Waals surface area contributed by atoms with E-state index in [0.29, 0.717) is 13.0 Å². The van der Waals surface area contributed by atoms with Gasteiger partial charge in [-0.25, -0.2) is 4.79 Å². The first-order valence-electron chi connectivity index (χ1n) is 5.93. The highest BCUT2D eigenvalue weighted by Crippen LogP contribution is 2.19. The summed E-state index contributed by atoms with van der Waals surface area (Å²) in [5, 5.41) is 2.79. The fraction of sp³-hybridized carbons (Fsp3) is 0.833. The molecule has 17 heavy (non-hydrogen) atoms. The van der Waals surface area contributed by atoms with Crippen LogP contribution in [0.15, 0.2) is 0 Å². The third-order valence-corrected chi connectivity index (χ3v) is 2.85. The Bertz CT molecular complexity index is 309. The zero-order valence-corrected chi connectivity index (χ0v) is 11.2. The average molecular weight is 242 g/mol. The highest BCUT2D eigenvalue weighted by atomic mass is 16.6. The van der Waals surface area contributed by atoms with Crippen LogP contribution < -0.4 is 5.32 Å². The molecule has 0 radical (unpaired) electrons. The van der Waals surface area contributed by atoms with Gasteiger partial charge in [0, 0.05) is 26.1 Å². The number of nitrogens with zero attached hydrogens (tertiary/aromatic N) is 1. The lowest BCUT2D eigenvalue weighted by atomic mass is 9.94. The molecule has 5 nitrogen and oxygen atoms in total. The Morgan fingerprint density at radius 2 is 2.06 bits per heavy atom. The van der Waals surface area contributed by atoms with Crippen molar-refractivity contribution in [1.82, 2.24) is 10.2 Å². The Labute approximate surface area is 102 Å². The fourth-order valence-electron chi connectivity index (χ4n) is 1.86. The molecule has 1 aliphatic rings. The lowest BCUT2D eigenvalue weighted by molar-refractivity contribution is -0.124. The first kappa shape index (κ1) is 13.8. The summed E-state index contributed by atoms with van der Waals surface area (Å²) in [5.74, 6) is 0.230. The third kappa shape index (κ3) is 3.91.